The van der Waals surface area contributed by atoms with E-state index in [0.29, 0.717) is 0 Å². The summed E-state index contributed by atoms with van der Waals surface area (Å²) in [5, 5.41) is 0. The molecule has 3 nitrogen and oxygen atoms in total. The van der Waals surface area contributed by atoms with Gasteiger partial charge in [0, 0.05) is 19.8 Å². The highest BCUT2D eigenvalue weighted by molar-refractivity contribution is 5.66. The Morgan fingerprint density at radius 1 is 1.11 bits per heavy atom. The van der Waals surface area contributed by atoms with Crippen LogP contribution in [-0.4, -0.2) is 12.0 Å². The Labute approximate surface area is 108 Å². The Hall–Kier alpha value is -2.03. The summed E-state index contributed by atoms with van der Waals surface area (Å²) < 4.78 is 0. The first-order valence-electron chi connectivity index (χ1n) is 6.06. The molecule has 2 aromatic rings. The molecule has 2 rings (SSSR count). The molecule has 0 aliphatic rings. The lowest BCUT2D eigenvalue weighted by Gasteiger charge is -2.21. The van der Waals surface area contributed by atoms with Gasteiger partial charge in [-0.05, 0) is 36.6 Å². The van der Waals surface area contributed by atoms with Crippen LogP contribution in [0.4, 0.5) is 11.5 Å². The summed E-state index contributed by atoms with van der Waals surface area (Å²) in [7, 11) is 2.02. The molecule has 0 amide bonds. The summed E-state index contributed by atoms with van der Waals surface area (Å²) in [4.78, 5) is 6.45. The third kappa shape index (κ3) is 2.45. The summed E-state index contributed by atoms with van der Waals surface area (Å²) in [6.07, 6.45) is 1.80. The highest BCUT2D eigenvalue weighted by atomic mass is 15.2. The van der Waals surface area contributed by atoms with Crippen LogP contribution in [0.3, 0.4) is 0 Å². The molecule has 0 aliphatic carbocycles. The van der Waals surface area contributed by atoms with Crippen molar-refractivity contribution >= 4 is 11.5 Å². The molecule has 0 saturated carbocycles. The number of pyridine rings is 1. The van der Waals surface area contributed by atoms with Gasteiger partial charge in [-0.15, -0.1) is 0 Å². The van der Waals surface area contributed by atoms with Crippen molar-refractivity contribution in [3.63, 3.8) is 0 Å². The molecule has 0 bridgehead atoms. The maximum Gasteiger partial charge on any atom is 0.152 e. The van der Waals surface area contributed by atoms with E-state index in [4.69, 9.17) is 5.73 Å². The van der Waals surface area contributed by atoms with Crippen molar-refractivity contribution in [1.82, 2.24) is 4.98 Å². The summed E-state index contributed by atoms with van der Waals surface area (Å²) in [5.41, 5.74) is 10.5. The molecule has 0 fully saturated rings. The maximum atomic E-state index is 6.07. The van der Waals surface area contributed by atoms with Gasteiger partial charge in [0.1, 0.15) is 0 Å². The van der Waals surface area contributed by atoms with Crippen LogP contribution in [0.5, 0.6) is 0 Å². The number of nitrogens with zero attached hydrogens (tertiary/aromatic N) is 2. The van der Waals surface area contributed by atoms with Crippen LogP contribution in [0, 0.1) is 13.8 Å². The number of aryl methyl sites for hydroxylation is 2. The number of benzene rings is 1. The van der Waals surface area contributed by atoms with Crippen molar-refractivity contribution in [2.45, 2.75) is 20.4 Å². The molecule has 0 unspecified atom stereocenters. The van der Waals surface area contributed by atoms with Crippen LogP contribution >= 0.6 is 0 Å². The van der Waals surface area contributed by atoms with Crippen LogP contribution in [0.25, 0.3) is 0 Å². The lowest BCUT2D eigenvalue weighted by Crippen LogP contribution is -2.20. The Balaban J connectivity index is 2.25. The molecule has 1 aromatic carbocycles. The molecule has 18 heavy (non-hydrogen) atoms. The van der Waals surface area contributed by atoms with Gasteiger partial charge >= 0.3 is 0 Å². The van der Waals surface area contributed by atoms with E-state index in [1.807, 2.05) is 20.0 Å². The van der Waals surface area contributed by atoms with Crippen molar-refractivity contribution in [3.05, 3.63) is 53.2 Å². The lowest BCUT2D eigenvalue weighted by atomic mass is 10.1. The van der Waals surface area contributed by atoms with Gasteiger partial charge in [0.05, 0.1) is 5.69 Å². The SMILES string of the molecule is Cc1ccccc1CN(C)c1nccc(C)c1N. The van der Waals surface area contributed by atoms with Crippen molar-refractivity contribution in [2.75, 3.05) is 17.7 Å². The first-order valence-corrected chi connectivity index (χ1v) is 6.06. The fraction of sp³-hybridized carbons (Fsp3) is 0.267. The second-order valence-corrected chi connectivity index (χ2v) is 4.65. The molecule has 2 N–H and O–H groups in total. The molecule has 0 spiro atoms. The van der Waals surface area contributed by atoms with E-state index in [0.717, 1.165) is 23.6 Å². The van der Waals surface area contributed by atoms with Gasteiger partial charge in [-0.1, -0.05) is 24.3 Å². The average molecular weight is 241 g/mol. The fourth-order valence-corrected chi connectivity index (χ4v) is 1.98. The molecular formula is C15H19N3. The predicted octanol–water partition coefficient (Wildman–Crippen LogP) is 2.92. The second kappa shape index (κ2) is 5.08. The smallest absolute Gasteiger partial charge is 0.152 e. The minimum Gasteiger partial charge on any atom is -0.396 e. The normalized spacial score (nSPS) is 10.4. The van der Waals surface area contributed by atoms with E-state index < -0.39 is 0 Å². The lowest BCUT2D eigenvalue weighted by molar-refractivity contribution is 0.891. The highest BCUT2D eigenvalue weighted by Gasteiger charge is 2.09. The van der Waals surface area contributed by atoms with Gasteiger partial charge in [0.15, 0.2) is 5.82 Å². The summed E-state index contributed by atoms with van der Waals surface area (Å²) in [6.45, 7) is 4.94. The number of hydrogen-bond acceptors (Lipinski definition) is 3. The van der Waals surface area contributed by atoms with Gasteiger partial charge in [-0.2, -0.15) is 0 Å². The number of nitrogen functional groups attached to an aromatic ring is 1. The Morgan fingerprint density at radius 2 is 1.83 bits per heavy atom. The molecule has 3 heteroatoms. The minimum atomic E-state index is 0.758. The first kappa shape index (κ1) is 12.4. The third-order valence-corrected chi connectivity index (χ3v) is 3.22. The van der Waals surface area contributed by atoms with Crippen LogP contribution in [0.2, 0.25) is 0 Å². The summed E-state index contributed by atoms with van der Waals surface area (Å²) in [6, 6.07) is 10.3. The third-order valence-electron chi connectivity index (χ3n) is 3.22. The van der Waals surface area contributed by atoms with Gasteiger partial charge in [0.2, 0.25) is 0 Å². The predicted molar refractivity (Wildman–Crippen MR) is 76.7 cm³/mol. The molecule has 0 radical (unpaired) electrons. The molecule has 1 heterocycles. The largest absolute Gasteiger partial charge is 0.396 e. The van der Waals surface area contributed by atoms with Gasteiger partial charge in [-0.3, -0.25) is 0 Å². The number of rotatable bonds is 3. The zero-order chi connectivity index (χ0) is 13.1. The maximum absolute atomic E-state index is 6.07. The molecular weight excluding hydrogens is 222 g/mol. The van der Waals surface area contributed by atoms with E-state index in [-0.39, 0.29) is 0 Å². The number of aromatic nitrogens is 1. The number of nitrogens with two attached hydrogens (primary N) is 1. The van der Waals surface area contributed by atoms with Crippen LogP contribution < -0.4 is 10.6 Å². The van der Waals surface area contributed by atoms with E-state index in [1.54, 1.807) is 6.20 Å². The van der Waals surface area contributed by atoms with Gasteiger partial charge in [0.25, 0.3) is 0 Å². The molecule has 0 saturated heterocycles. The fourth-order valence-electron chi connectivity index (χ4n) is 1.98. The topological polar surface area (TPSA) is 42.2 Å². The monoisotopic (exact) mass is 241 g/mol. The average Bonchev–Trinajstić information content (AvgIpc) is 2.35. The molecule has 94 valence electrons. The van der Waals surface area contributed by atoms with E-state index >= 15 is 0 Å². The van der Waals surface area contributed by atoms with Crippen LogP contribution in [0.15, 0.2) is 36.5 Å². The van der Waals surface area contributed by atoms with Crippen molar-refractivity contribution in [3.8, 4) is 0 Å². The van der Waals surface area contributed by atoms with E-state index in [9.17, 15) is 0 Å². The Kier molecular flexibility index (Phi) is 3.51. The molecule has 1 aromatic heterocycles. The number of anilines is 2. The number of hydrogen-bond donors (Lipinski definition) is 1. The summed E-state index contributed by atoms with van der Waals surface area (Å²) >= 11 is 0. The van der Waals surface area contributed by atoms with Gasteiger partial charge < -0.3 is 10.6 Å². The van der Waals surface area contributed by atoms with Crippen LogP contribution in [-0.2, 0) is 6.54 Å². The molecule has 0 atom stereocenters. The van der Waals surface area contributed by atoms with E-state index in [2.05, 4.69) is 41.1 Å². The van der Waals surface area contributed by atoms with Crippen molar-refractivity contribution < 1.29 is 0 Å². The van der Waals surface area contributed by atoms with Crippen molar-refractivity contribution in [2.24, 2.45) is 0 Å². The first-order chi connectivity index (χ1) is 8.59. The Morgan fingerprint density at radius 3 is 2.56 bits per heavy atom. The zero-order valence-corrected chi connectivity index (χ0v) is 11.1. The summed E-state index contributed by atoms with van der Waals surface area (Å²) in [5.74, 6) is 0.846. The van der Waals surface area contributed by atoms with Crippen LogP contribution in [0.1, 0.15) is 16.7 Å². The van der Waals surface area contributed by atoms with Gasteiger partial charge in [-0.25, -0.2) is 4.98 Å². The van der Waals surface area contributed by atoms with E-state index in [1.165, 1.54) is 11.1 Å². The standard InChI is InChI=1S/C15H19N3/c1-11-6-4-5-7-13(11)10-18(3)15-14(16)12(2)8-9-17-15/h4-9H,10,16H2,1-3H3. The highest BCUT2D eigenvalue weighted by Crippen LogP contribution is 2.24. The second-order valence-electron chi connectivity index (χ2n) is 4.65. The Bertz CT molecular complexity index is 549. The quantitative estimate of drug-likeness (QED) is 0.898. The molecule has 0 aliphatic heterocycles. The van der Waals surface area contributed by atoms with Crippen molar-refractivity contribution in [1.29, 1.82) is 0 Å². The zero-order valence-electron chi connectivity index (χ0n) is 11.1. The minimum absolute atomic E-state index is 0.758.